The molecule has 1 aromatic carbocycles. The maximum atomic E-state index is 11.3. The molecule has 0 atom stereocenters. The van der Waals surface area contributed by atoms with Crippen LogP contribution in [0.5, 0.6) is 5.75 Å². The number of carbonyl (C=O) groups excluding carboxylic acids is 1. The van der Waals surface area contributed by atoms with Crippen molar-refractivity contribution in [3.8, 4) is 5.75 Å². The molecule has 70 valence electrons. The van der Waals surface area contributed by atoms with Crippen LogP contribution in [0.2, 0.25) is 0 Å². The summed E-state index contributed by atoms with van der Waals surface area (Å²) < 4.78 is 4.95. The van der Waals surface area contributed by atoms with Crippen LogP contribution in [-0.2, 0) is 4.79 Å². The number of ether oxygens (including phenoxy) is 1. The number of benzene rings is 1. The monoisotopic (exact) mass is 190 g/mol. The van der Waals surface area contributed by atoms with Gasteiger partial charge in [-0.1, -0.05) is 18.2 Å². The van der Waals surface area contributed by atoms with E-state index in [0.717, 1.165) is 0 Å². The Kier molecular flexibility index (Phi) is 2.26. The van der Waals surface area contributed by atoms with Gasteiger partial charge in [-0.05, 0) is 22.6 Å². The quantitative estimate of drug-likeness (QED) is 0.526. The van der Waals surface area contributed by atoms with Gasteiger partial charge >= 0.3 is 5.97 Å². The van der Waals surface area contributed by atoms with Crippen LogP contribution in [0.4, 0.5) is 0 Å². The van der Waals surface area contributed by atoms with E-state index in [0.29, 0.717) is 5.75 Å². The number of nitrogens with zero attached hydrogens (tertiary/aromatic N) is 4. The van der Waals surface area contributed by atoms with E-state index in [-0.39, 0.29) is 0 Å². The molecule has 1 aliphatic heterocycles. The molecule has 14 heavy (non-hydrogen) atoms. The number of hydrogen-bond acceptors (Lipinski definition) is 6. The molecule has 6 nitrogen and oxygen atoms in total. The van der Waals surface area contributed by atoms with Gasteiger partial charge in [-0.15, -0.1) is 10.2 Å². The molecule has 2 rings (SSSR count). The van der Waals surface area contributed by atoms with Crippen LogP contribution < -0.4 is 4.74 Å². The first-order valence-corrected chi connectivity index (χ1v) is 3.93. The molecular weight excluding hydrogens is 184 g/mol. The average Bonchev–Trinajstić information content (AvgIpc) is 2.72. The van der Waals surface area contributed by atoms with Crippen LogP contribution in [0.25, 0.3) is 0 Å². The molecule has 0 saturated heterocycles. The topological polar surface area (TPSA) is 75.7 Å². The lowest BCUT2D eigenvalue weighted by molar-refractivity contribution is -0.135. The van der Waals surface area contributed by atoms with Gasteiger partial charge in [0.05, 0.1) is 0 Å². The largest absolute Gasteiger partial charge is 0.423 e. The molecule has 0 radical (unpaired) electrons. The van der Waals surface area contributed by atoms with Gasteiger partial charge in [-0.25, -0.2) is 4.79 Å². The number of hydrogen-bond donors (Lipinski definition) is 0. The molecule has 0 fully saturated rings. The maximum absolute atomic E-state index is 11.3. The summed E-state index contributed by atoms with van der Waals surface area (Å²) in [7, 11) is 0. The first-order valence-electron chi connectivity index (χ1n) is 3.93. The summed E-state index contributed by atoms with van der Waals surface area (Å²) >= 11 is 0. The first-order chi connectivity index (χ1) is 6.86. The Morgan fingerprint density at radius 3 is 2.43 bits per heavy atom. The molecule has 1 aliphatic rings. The van der Waals surface area contributed by atoms with Crippen molar-refractivity contribution in [3.05, 3.63) is 30.3 Å². The minimum absolute atomic E-state index is 0.454. The fourth-order valence-electron chi connectivity index (χ4n) is 0.919. The molecule has 1 heterocycles. The highest BCUT2D eigenvalue weighted by Crippen LogP contribution is 2.12. The van der Waals surface area contributed by atoms with Crippen molar-refractivity contribution in [3.63, 3.8) is 0 Å². The van der Waals surface area contributed by atoms with Crippen molar-refractivity contribution in [1.29, 1.82) is 0 Å². The number of esters is 1. The van der Waals surface area contributed by atoms with E-state index < -0.39 is 12.1 Å². The smallest absolute Gasteiger partial charge is 0.362 e. The van der Waals surface area contributed by atoms with Crippen LogP contribution >= 0.6 is 0 Å². The van der Waals surface area contributed by atoms with Gasteiger partial charge in [-0.3, -0.25) is 0 Å². The molecule has 0 N–H and O–H groups in total. The zero-order chi connectivity index (χ0) is 9.80. The molecule has 6 heteroatoms. The van der Waals surface area contributed by atoms with Crippen LogP contribution in [0.1, 0.15) is 0 Å². The molecule has 0 spiro atoms. The molecule has 0 unspecified atom stereocenters. The van der Waals surface area contributed by atoms with E-state index in [1.165, 1.54) is 0 Å². The minimum atomic E-state index is -0.949. The molecule has 0 saturated carbocycles. The lowest BCUT2D eigenvalue weighted by atomic mass is 10.3. The van der Waals surface area contributed by atoms with Gasteiger partial charge in [0.25, 0.3) is 6.17 Å². The average molecular weight is 190 g/mol. The summed E-state index contributed by atoms with van der Waals surface area (Å²) in [6.45, 7) is 0. The third kappa shape index (κ3) is 1.79. The predicted molar refractivity (Wildman–Crippen MR) is 45.6 cm³/mol. The highest BCUT2D eigenvalue weighted by molar-refractivity contribution is 5.78. The van der Waals surface area contributed by atoms with E-state index in [4.69, 9.17) is 4.74 Å². The zero-order valence-corrected chi connectivity index (χ0v) is 7.07. The van der Waals surface area contributed by atoms with Gasteiger partial charge in [0.15, 0.2) is 0 Å². The molecule has 0 aromatic heterocycles. The van der Waals surface area contributed by atoms with E-state index >= 15 is 0 Å². The summed E-state index contributed by atoms with van der Waals surface area (Å²) in [5, 5.41) is 13.3. The van der Waals surface area contributed by atoms with Crippen LogP contribution in [-0.4, -0.2) is 12.1 Å². The fraction of sp³-hybridized carbons (Fsp3) is 0.125. The zero-order valence-electron chi connectivity index (χ0n) is 7.07. The lowest BCUT2D eigenvalue weighted by Crippen LogP contribution is -2.20. The highest BCUT2D eigenvalue weighted by atomic mass is 16.5. The molecule has 0 amide bonds. The Balaban J connectivity index is 2.02. The van der Waals surface area contributed by atoms with E-state index in [9.17, 15) is 4.79 Å². The molecular formula is C8H6N4O2. The fourth-order valence-corrected chi connectivity index (χ4v) is 0.919. The summed E-state index contributed by atoms with van der Waals surface area (Å²) in [6.07, 6.45) is -0.949. The minimum Gasteiger partial charge on any atom is -0.423 e. The SMILES string of the molecule is O=C(Oc1ccccc1)C1N=NN=N1. The van der Waals surface area contributed by atoms with Crippen molar-refractivity contribution in [2.75, 3.05) is 0 Å². The second-order valence-corrected chi connectivity index (χ2v) is 2.52. The summed E-state index contributed by atoms with van der Waals surface area (Å²) in [4.78, 5) is 11.3. The van der Waals surface area contributed by atoms with Crippen LogP contribution in [0, 0.1) is 0 Å². The van der Waals surface area contributed by atoms with Gasteiger partial charge in [0.2, 0.25) is 0 Å². The maximum Gasteiger partial charge on any atom is 0.362 e. The Hall–Kier alpha value is -2.11. The normalized spacial score (nSPS) is 14.6. The Morgan fingerprint density at radius 2 is 1.79 bits per heavy atom. The van der Waals surface area contributed by atoms with E-state index in [1.807, 2.05) is 6.07 Å². The number of para-hydroxylation sites is 1. The van der Waals surface area contributed by atoms with Crippen molar-refractivity contribution >= 4 is 5.97 Å². The number of rotatable bonds is 2. The van der Waals surface area contributed by atoms with Crippen molar-refractivity contribution in [1.82, 2.24) is 0 Å². The summed E-state index contributed by atoms with van der Waals surface area (Å²) in [5.74, 6) is -0.129. The van der Waals surface area contributed by atoms with Gasteiger partial charge < -0.3 is 4.74 Å². The van der Waals surface area contributed by atoms with Crippen LogP contribution in [0.15, 0.2) is 51.0 Å². The third-order valence-corrected chi connectivity index (χ3v) is 1.53. The van der Waals surface area contributed by atoms with E-state index in [2.05, 4.69) is 20.7 Å². The van der Waals surface area contributed by atoms with Crippen molar-refractivity contribution < 1.29 is 9.53 Å². The second kappa shape index (κ2) is 3.73. The third-order valence-electron chi connectivity index (χ3n) is 1.53. The molecule has 0 aliphatic carbocycles. The van der Waals surface area contributed by atoms with E-state index in [1.54, 1.807) is 24.3 Å². The van der Waals surface area contributed by atoms with Crippen molar-refractivity contribution in [2.24, 2.45) is 20.7 Å². The second-order valence-electron chi connectivity index (χ2n) is 2.52. The van der Waals surface area contributed by atoms with Gasteiger partial charge in [0.1, 0.15) is 5.75 Å². The molecule has 1 aromatic rings. The lowest BCUT2D eigenvalue weighted by Gasteiger charge is -2.02. The summed E-state index contributed by atoms with van der Waals surface area (Å²) in [5.41, 5.74) is 0. The predicted octanol–water partition coefficient (Wildman–Crippen LogP) is 1.75. The first kappa shape index (κ1) is 8.49. The highest BCUT2D eigenvalue weighted by Gasteiger charge is 2.22. The number of carbonyl (C=O) groups is 1. The standard InChI is InChI=1S/C8H6N4O2/c13-8(7-9-11-12-10-7)14-6-4-2-1-3-5-6/h1-5,7H. The van der Waals surface area contributed by atoms with Crippen molar-refractivity contribution in [2.45, 2.75) is 6.17 Å². The Labute approximate surface area is 79.3 Å². The van der Waals surface area contributed by atoms with Crippen LogP contribution in [0.3, 0.4) is 0 Å². The Bertz CT molecular complexity index is 376. The Morgan fingerprint density at radius 1 is 1.14 bits per heavy atom. The molecule has 0 bridgehead atoms. The summed E-state index contributed by atoms with van der Waals surface area (Å²) in [6, 6.07) is 8.69. The van der Waals surface area contributed by atoms with Gasteiger partial charge in [0, 0.05) is 0 Å². The van der Waals surface area contributed by atoms with Gasteiger partial charge in [-0.2, -0.15) is 0 Å².